The number of benzene rings is 2. The van der Waals surface area contributed by atoms with Crippen molar-refractivity contribution in [3.8, 4) is 0 Å². The number of hydrogen-bond donors (Lipinski definition) is 28. The number of aliphatic hydroxyl groups is 4. The summed E-state index contributed by atoms with van der Waals surface area (Å²) in [6.45, 7) is 14.1. The molecule has 2 aliphatic rings. The summed E-state index contributed by atoms with van der Waals surface area (Å²) in [6, 6.07) is -12.4. The Kier molecular flexibility index (Phi) is 55.5. The fourth-order valence-corrected chi connectivity index (χ4v) is 16.5. The summed E-state index contributed by atoms with van der Waals surface area (Å²) in [5, 5.41) is 112. The van der Waals surface area contributed by atoms with Gasteiger partial charge in [-0.15, -0.1) is 0 Å². The summed E-state index contributed by atoms with van der Waals surface area (Å²) in [7, 11) is 0. The molecule has 0 aliphatic carbocycles. The first-order chi connectivity index (χ1) is 70.6. The molecular formula is C97H152N22O30S. The van der Waals surface area contributed by atoms with Gasteiger partial charge in [0.15, 0.2) is 0 Å². The summed E-state index contributed by atoms with van der Waals surface area (Å²) >= 11 is 4.14. The number of aliphatic hydroxyl groups excluding tert-OH is 4. The van der Waals surface area contributed by atoms with Crippen molar-refractivity contribution in [1.29, 1.82) is 0 Å². The van der Waals surface area contributed by atoms with Crippen LogP contribution < -0.4 is 108 Å². The minimum atomic E-state index is -2.21. The number of amides is 20. The zero-order valence-corrected chi connectivity index (χ0v) is 87.4. The second-order valence-corrected chi connectivity index (χ2v) is 39.1. The highest BCUT2D eigenvalue weighted by atomic mass is 32.1. The van der Waals surface area contributed by atoms with E-state index in [1.807, 2.05) is 13.0 Å². The molecule has 0 bridgehead atoms. The van der Waals surface area contributed by atoms with E-state index in [1.165, 1.54) is 23.6 Å². The van der Waals surface area contributed by atoms with E-state index in [-0.39, 0.29) is 95.5 Å². The van der Waals surface area contributed by atoms with Crippen LogP contribution in [0, 0.1) is 29.6 Å². The van der Waals surface area contributed by atoms with Crippen molar-refractivity contribution in [2.75, 3.05) is 51.8 Å². The number of primary amides is 1. The summed E-state index contributed by atoms with van der Waals surface area (Å²) in [4.78, 5) is 318. The van der Waals surface area contributed by atoms with Crippen LogP contribution in [-0.2, 0) is 123 Å². The fraction of sp³-hybridized carbons (Fsp3) is 0.639. The molecule has 52 nitrogen and oxygen atoms in total. The number of carbonyl (C=O) groups is 23. The normalized spacial score (nSPS) is 17.1. The van der Waals surface area contributed by atoms with E-state index in [4.69, 9.17) is 17.2 Å². The van der Waals surface area contributed by atoms with Crippen molar-refractivity contribution in [2.45, 2.75) is 313 Å². The van der Waals surface area contributed by atoms with Crippen LogP contribution in [0.3, 0.4) is 0 Å². The van der Waals surface area contributed by atoms with Crippen molar-refractivity contribution in [3.05, 3.63) is 71.8 Å². The Hall–Kier alpha value is -13.6. The molecule has 0 saturated carbocycles. The van der Waals surface area contributed by atoms with Gasteiger partial charge < -0.3 is 153 Å². The van der Waals surface area contributed by atoms with E-state index in [1.54, 1.807) is 103 Å². The average Bonchev–Trinajstić information content (AvgIpc) is 1.64. The van der Waals surface area contributed by atoms with Crippen molar-refractivity contribution < 1.29 is 146 Å². The van der Waals surface area contributed by atoms with E-state index in [9.17, 15) is 146 Å². The third kappa shape index (κ3) is 42.8. The van der Waals surface area contributed by atoms with Gasteiger partial charge in [-0.05, 0) is 138 Å². The number of carboxylic acids is 3. The second kappa shape index (κ2) is 64.7. The Morgan fingerprint density at radius 3 is 1.31 bits per heavy atom. The number of unbranched alkanes of at least 4 members (excludes halogenated alkanes) is 1. The summed E-state index contributed by atoms with van der Waals surface area (Å²) in [5.74, 6) is -28.3. The third-order valence-electron chi connectivity index (χ3n) is 24.8. The molecule has 0 unspecified atom stereocenters. The van der Waals surface area contributed by atoms with Crippen LogP contribution in [0.4, 0.5) is 0 Å². The Morgan fingerprint density at radius 1 is 0.407 bits per heavy atom. The lowest BCUT2D eigenvalue weighted by Gasteiger charge is -2.34. The van der Waals surface area contributed by atoms with Crippen LogP contribution in [-0.4, -0.2) is 354 Å². The van der Waals surface area contributed by atoms with Gasteiger partial charge in [-0.25, -0.2) is 4.79 Å². The van der Waals surface area contributed by atoms with Gasteiger partial charge in [-0.2, -0.15) is 12.6 Å². The summed E-state index contributed by atoms with van der Waals surface area (Å²) in [5.41, 5.74) is 19.0. The number of hydrogen-bond acceptors (Lipinski definition) is 30. The number of carboxylic acid groups (broad SMARTS) is 3. The van der Waals surface area contributed by atoms with E-state index < -0.39 is 339 Å². The van der Waals surface area contributed by atoms with Crippen LogP contribution in [0.5, 0.6) is 0 Å². The van der Waals surface area contributed by atoms with Gasteiger partial charge in [0.2, 0.25) is 118 Å². The van der Waals surface area contributed by atoms with Gasteiger partial charge in [0, 0.05) is 38.1 Å². The highest BCUT2D eigenvalue weighted by Crippen LogP contribution is 2.28. The van der Waals surface area contributed by atoms with Gasteiger partial charge in [0.25, 0.3) is 0 Å². The van der Waals surface area contributed by atoms with Gasteiger partial charge >= 0.3 is 17.9 Å². The standard InChI is InChI=1S/C97H152N22O30S/c1-13-52(10)77(117-80(131)57(99)40-55-24-16-14-17-25-55)93(144)108-63(41-56-26-18-15-19-27-56)95(146)119-37-23-30-70(119)96(147)118-36-22-29-69(118)90(141)112-66(45-121)87(138)107-62(42-74(128)129)86(137)105-60(32-34-73(126)127)83(134)104-59(31-33-71(100)124)84(135)106-61(38-48(2)3)85(136)103-58(28-20-21-35-98)82(133)111-65(44-120)81(132)101-43-72(125)114-78(54(12)123)94(145)102-53(11)79(130)110-67(46-122)88(139)115-76(51(8)9)92(143)116-75(50(6)7)91(142)113-68(47-150)89(140)109-64(97(148)149)39-49(4)5/h14-19,24-27,48-54,57-70,75-78,120-123,150H,13,20-23,28-47,98-99H2,1-12H3,(H2,100,124)(H,101,132)(H,102,145)(H,103,136)(H,104,134)(H,105,137)(H,106,135)(H,107,138)(H,108,144)(H,109,140)(H,110,130)(H,111,133)(H,112,141)(H,113,142)(H,114,125)(H,115,139)(H,116,143)(H,117,131)(H,126,127)(H,128,129)(H,148,149)/t52-,53-,54+,57-,58-,59-,60-,61-,62-,63-,64-,65-,66-,67-,68-,69-,70-,75-,76-,77-,78-/m0/s1. The van der Waals surface area contributed by atoms with Crippen LogP contribution in [0.25, 0.3) is 0 Å². The molecule has 21 atom stereocenters. The Labute approximate surface area is 874 Å². The SMILES string of the molecule is CC[C@H](C)[C@H](NC(=O)[C@@H](N)Cc1ccccc1)C(=O)N[C@@H](Cc1ccccc1)C(=O)N1CCC[C@H]1C(=O)N1CCC[C@H]1C(=O)N[C@@H](CO)C(=O)N[C@@H](CC(=O)O)C(=O)N[C@@H](CCC(=O)O)C(=O)N[C@@H](CCC(N)=O)C(=O)N[C@@H](CC(C)C)C(=O)N[C@@H](CCCCN)C(=O)N[C@@H](CO)C(=O)NCC(=O)N[C@H](C(=O)N[C@@H](C)C(=O)N[C@@H](CO)C(=O)N[C@H](C(=O)N[C@H](C(=O)N[C@@H](CS)C(=O)N[C@@H](CC(C)C)C(=O)O)C(C)C)C(C)C)[C@@H](C)O. The molecule has 20 amide bonds. The van der Waals surface area contributed by atoms with Crippen molar-refractivity contribution in [1.82, 2.24) is 100 Å². The smallest absolute Gasteiger partial charge is 0.326 e. The highest BCUT2D eigenvalue weighted by molar-refractivity contribution is 7.80. The lowest BCUT2D eigenvalue weighted by molar-refractivity contribution is -0.148. The van der Waals surface area contributed by atoms with E-state index in [0.717, 1.165) is 19.4 Å². The van der Waals surface area contributed by atoms with Crippen molar-refractivity contribution >= 4 is 149 Å². The van der Waals surface area contributed by atoms with E-state index >= 15 is 0 Å². The predicted molar refractivity (Wildman–Crippen MR) is 540 cm³/mol. The fourth-order valence-electron chi connectivity index (χ4n) is 16.2. The minimum Gasteiger partial charge on any atom is -0.481 e. The first kappa shape index (κ1) is 129. The van der Waals surface area contributed by atoms with Gasteiger partial charge in [0.05, 0.1) is 44.9 Å². The highest BCUT2D eigenvalue weighted by Gasteiger charge is 2.47. The number of rotatable bonds is 66. The summed E-state index contributed by atoms with van der Waals surface area (Å²) in [6.07, 6.45) is -4.99. The number of aliphatic carboxylic acids is 3. The number of nitrogens with zero attached hydrogens (tertiary/aromatic N) is 2. The molecular weight excluding hydrogens is 1990 g/mol. The summed E-state index contributed by atoms with van der Waals surface area (Å²) < 4.78 is 0. The molecule has 0 spiro atoms. The molecule has 53 heteroatoms. The molecule has 0 aromatic heterocycles. The monoisotopic (exact) mass is 2140 g/mol. The maximum Gasteiger partial charge on any atom is 0.326 e. The maximum atomic E-state index is 15.0. The number of thiol groups is 1. The first-order valence-corrected chi connectivity index (χ1v) is 50.6. The molecule has 2 saturated heterocycles. The number of nitrogens with two attached hydrogens (primary N) is 3. The molecule has 0 radical (unpaired) electrons. The predicted octanol–water partition coefficient (Wildman–Crippen LogP) is -7.77. The van der Waals surface area contributed by atoms with Crippen LogP contribution in [0.1, 0.15) is 191 Å². The molecule has 30 N–H and O–H groups in total. The molecule has 150 heavy (non-hydrogen) atoms. The number of nitrogens with one attached hydrogen (secondary N) is 17. The second-order valence-electron chi connectivity index (χ2n) is 38.8. The molecule has 2 aliphatic heterocycles. The average molecular weight is 2140 g/mol. The molecule has 2 aromatic carbocycles. The Bertz CT molecular complexity index is 4950. The molecule has 4 rings (SSSR count). The zero-order chi connectivity index (χ0) is 113. The topological polar surface area (TPSA) is 823 Å². The van der Waals surface area contributed by atoms with E-state index in [0.29, 0.717) is 18.4 Å². The molecule has 2 fully saturated rings. The zero-order valence-electron chi connectivity index (χ0n) is 86.5. The minimum absolute atomic E-state index is 0.0117. The first-order valence-electron chi connectivity index (χ1n) is 50.0. The quantitative estimate of drug-likeness (QED) is 0.0216. The molecule has 836 valence electrons. The van der Waals surface area contributed by atoms with Crippen molar-refractivity contribution in [2.24, 2.45) is 46.8 Å². The van der Waals surface area contributed by atoms with Gasteiger partial charge in [0.1, 0.15) is 109 Å². The van der Waals surface area contributed by atoms with Crippen LogP contribution in [0.2, 0.25) is 0 Å². The maximum absolute atomic E-state index is 15.0. The Morgan fingerprint density at radius 2 is 0.813 bits per heavy atom. The lowest BCUT2D eigenvalue weighted by atomic mass is 9.96. The molecule has 2 aromatic rings. The largest absolute Gasteiger partial charge is 0.481 e. The van der Waals surface area contributed by atoms with Gasteiger partial charge in [-0.1, -0.05) is 136 Å². The Balaban J connectivity index is 1.45. The number of carbonyl (C=O) groups excluding carboxylic acids is 20. The molecule has 2 heterocycles. The third-order valence-corrected chi connectivity index (χ3v) is 25.2. The van der Waals surface area contributed by atoms with Crippen LogP contribution >= 0.6 is 12.6 Å². The van der Waals surface area contributed by atoms with E-state index in [2.05, 4.69) is 103 Å². The van der Waals surface area contributed by atoms with Crippen LogP contribution in [0.15, 0.2) is 60.7 Å². The lowest BCUT2D eigenvalue weighted by Crippen LogP contribution is -2.62. The van der Waals surface area contributed by atoms with Crippen molar-refractivity contribution in [3.63, 3.8) is 0 Å². The van der Waals surface area contributed by atoms with Gasteiger partial charge in [-0.3, -0.25) is 105 Å². The number of likely N-dealkylation sites (tertiary alicyclic amines) is 2.